The van der Waals surface area contributed by atoms with E-state index in [2.05, 4.69) is 27.2 Å². The van der Waals surface area contributed by atoms with Crippen LogP contribution in [0.25, 0.3) is 11.8 Å². The van der Waals surface area contributed by atoms with Crippen LogP contribution in [0.15, 0.2) is 116 Å². The van der Waals surface area contributed by atoms with Crippen molar-refractivity contribution in [2.45, 2.75) is 38.9 Å². The zero-order valence-electron chi connectivity index (χ0n) is 24.7. The molecule has 0 spiro atoms. The Bertz CT molecular complexity index is 1730. The summed E-state index contributed by atoms with van der Waals surface area (Å²) in [7, 11) is 0. The molecule has 3 heterocycles. The number of aryl methyl sites for hydroxylation is 1. The standard InChI is InChI=1S/C36H34N6O2/c1-27-37-23-30(24-38-27)14-17-35(43)41(25-29-12-15-33(16-13-29)42-20-7-19-39-42)34(22-28-8-3-2-4-9-28)36(44)40-21-18-31-10-5-6-11-32(31)26-40/h2-17,19-20,23-24,34H,18,21-22,25-26H2,1H3/t34-/m0/s1. The maximum absolute atomic E-state index is 14.4. The van der Waals surface area contributed by atoms with E-state index in [4.69, 9.17) is 0 Å². The molecule has 0 radical (unpaired) electrons. The van der Waals surface area contributed by atoms with E-state index in [1.807, 2.05) is 90.8 Å². The molecule has 0 N–H and O–H groups in total. The van der Waals surface area contributed by atoms with Crippen molar-refractivity contribution < 1.29 is 9.59 Å². The maximum Gasteiger partial charge on any atom is 0.247 e. The lowest BCUT2D eigenvalue weighted by molar-refractivity contribution is -0.144. The van der Waals surface area contributed by atoms with Gasteiger partial charge in [0.1, 0.15) is 11.9 Å². The molecule has 6 rings (SSSR count). The molecule has 2 aromatic heterocycles. The van der Waals surface area contributed by atoms with Crippen LogP contribution in [-0.4, -0.2) is 53.9 Å². The molecule has 1 aliphatic rings. The lowest BCUT2D eigenvalue weighted by Crippen LogP contribution is -2.52. The smallest absolute Gasteiger partial charge is 0.247 e. The zero-order valence-corrected chi connectivity index (χ0v) is 24.7. The average molecular weight is 583 g/mol. The first-order valence-electron chi connectivity index (χ1n) is 14.8. The molecular weight excluding hydrogens is 548 g/mol. The van der Waals surface area contributed by atoms with Crippen molar-refractivity contribution in [3.8, 4) is 5.69 Å². The number of fused-ring (bicyclic) bond motifs is 1. The predicted octanol–water partition coefficient (Wildman–Crippen LogP) is 5.21. The number of hydrogen-bond acceptors (Lipinski definition) is 5. The lowest BCUT2D eigenvalue weighted by atomic mass is 9.97. The van der Waals surface area contributed by atoms with Gasteiger partial charge in [0.05, 0.1) is 5.69 Å². The van der Waals surface area contributed by atoms with Crippen molar-refractivity contribution in [1.29, 1.82) is 0 Å². The van der Waals surface area contributed by atoms with Gasteiger partial charge in [0.25, 0.3) is 0 Å². The average Bonchev–Trinajstić information content (AvgIpc) is 3.61. The first-order valence-corrected chi connectivity index (χ1v) is 14.8. The highest BCUT2D eigenvalue weighted by atomic mass is 16.2. The second-order valence-electron chi connectivity index (χ2n) is 11.0. The van der Waals surface area contributed by atoms with Gasteiger partial charge in [-0.15, -0.1) is 0 Å². The second-order valence-corrected chi connectivity index (χ2v) is 11.0. The van der Waals surface area contributed by atoms with Gasteiger partial charge in [-0.05, 0) is 59.9 Å². The molecule has 1 aliphatic heterocycles. The SMILES string of the molecule is Cc1ncc(C=CC(=O)N(Cc2ccc(-n3cccn3)cc2)[C@@H](Cc2ccccc2)C(=O)N2CCc3ccccc3C2)cn1. The van der Waals surface area contributed by atoms with Crippen LogP contribution in [0.3, 0.4) is 0 Å². The van der Waals surface area contributed by atoms with Crippen LogP contribution in [0.1, 0.15) is 33.6 Å². The summed E-state index contributed by atoms with van der Waals surface area (Å²) < 4.78 is 1.79. The molecule has 220 valence electrons. The largest absolute Gasteiger partial charge is 0.336 e. The number of hydrogen-bond donors (Lipinski definition) is 0. The van der Waals surface area contributed by atoms with Crippen LogP contribution in [0.2, 0.25) is 0 Å². The number of amides is 2. The first-order chi connectivity index (χ1) is 21.5. The highest BCUT2D eigenvalue weighted by molar-refractivity contribution is 5.95. The number of carbonyl (C=O) groups excluding carboxylic acids is 2. The Morgan fingerprint density at radius 3 is 2.34 bits per heavy atom. The summed E-state index contributed by atoms with van der Waals surface area (Å²) in [5.41, 5.74) is 5.95. The molecule has 8 heteroatoms. The normalized spacial score (nSPS) is 13.4. The molecule has 8 nitrogen and oxygen atoms in total. The van der Waals surface area contributed by atoms with Gasteiger partial charge in [0.15, 0.2) is 0 Å². The molecule has 1 atom stereocenters. The highest BCUT2D eigenvalue weighted by Crippen LogP contribution is 2.23. The molecule has 0 bridgehead atoms. The fourth-order valence-corrected chi connectivity index (χ4v) is 5.53. The minimum atomic E-state index is -0.708. The molecule has 0 saturated heterocycles. The third-order valence-electron chi connectivity index (χ3n) is 7.94. The topological polar surface area (TPSA) is 84.2 Å². The Hall–Kier alpha value is -5.37. The van der Waals surface area contributed by atoms with E-state index in [9.17, 15) is 9.59 Å². The fourth-order valence-electron chi connectivity index (χ4n) is 5.53. The molecule has 0 unspecified atom stereocenters. The van der Waals surface area contributed by atoms with Gasteiger partial charge < -0.3 is 9.80 Å². The minimum Gasteiger partial charge on any atom is -0.336 e. The van der Waals surface area contributed by atoms with Crippen LogP contribution in [0, 0.1) is 6.92 Å². The van der Waals surface area contributed by atoms with Crippen molar-refractivity contribution in [2.75, 3.05) is 6.54 Å². The second kappa shape index (κ2) is 13.3. The molecule has 0 fully saturated rings. The summed E-state index contributed by atoms with van der Waals surface area (Å²) in [4.78, 5) is 40.6. The van der Waals surface area contributed by atoms with Crippen molar-refractivity contribution in [2.24, 2.45) is 0 Å². The number of carbonyl (C=O) groups is 2. The van der Waals surface area contributed by atoms with E-state index in [0.29, 0.717) is 30.9 Å². The quantitative estimate of drug-likeness (QED) is 0.223. The van der Waals surface area contributed by atoms with Crippen molar-refractivity contribution in [3.63, 3.8) is 0 Å². The van der Waals surface area contributed by atoms with Crippen LogP contribution < -0.4 is 0 Å². The molecule has 3 aromatic carbocycles. The summed E-state index contributed by atoms with van der Waals surface area (Å²) in [6.07, 6.45) is 11.4. The Kier molecular flexibility index (Phi) is 8.68. The minimum absolute atomic E-state index is 0.0584. The number of nitrogens with zero attached hydrogens (tertiary/aromatic N) is 6. The fraction of sp³-hybridized carbons (Fsp3) is 0.194. The number of rotatable bonds is 9. The highest BCUT2D eigenvalue weighted by Gasteiger charge is 2.34. The molecule has 0 saturated carbocycles. The Morgan fingerprint density at radius 2 is 1.61 bits per heavy atom. The maximum atomic E-state index is 14.4. The van der Waals surface area contributed by atoms with Gasteiger partial charge in [0.2, 0.25) is 11.8 Å². The van der Waals surface area contributed by atoms with Crippen LogP contribution in [0.4, 0.5) is 0 Å². The van der Waals surface area contributed by atoms with E-state index in [-0.39, 0.29) is 18.4 Å². The molecule has 44 heavy (non-hydrogen) atoms. The zero-order chi connectivity index (χ0) is 30.3. The third-order valence-corrected chi connectivity index (χ3v) is 7.94. The molecule has 2 amide bonds. The van der Waals surface area contributed by atoms with E-state index in [1.165, 1.54) is 11.6 Å². The van der Waals surface area contributed by atoms with Gasteiger partial charge in [0, 0.05) is 62.5 Å². The summed E-state index contributed by atoms with van der Waals surface area (Å²) in [6.45, 7) is 3.22. The van der Waals surface area contributed by atoms with Crippen molar-refractivity contribution in [3.05, 3.63) is 149 Å². The van der Waals surface area contributed by atoms with Crippen LogP contribution in [-0.2, 0) is 35.5 Å². The Morgan fingerprint density at radius 1 is 0.886 bits per heavy atom. The Labute approximate surface area is 257 Å². The van der Waals surface area contributed by atoms with Crippen molar-refractivity contribution >= 4 is 17.9 Å². The van der Waals surface area contributed by atoms with Gasteiger partial charge in [-0.2, -0.15) is 5.10 Å². The third kappa shape index (κ3) is 6.81. The van der Waals surface area contributed by atoms with E-state index in [0.717, 1.165) is 28.8 Å². The van der Waals surface area contributed by atoms with E-state index >= 15 is 0 Å². The summed E-state index contributed by atoms with van der Waals surface area (Å²) in [5.74, 6) is 0.343. The molecule has 5 aromatic rings. The van der Waals surface area contributed by atoms with Gasteiger partial charge in [-0.25, -0.2) is 14.6 Å². The summed E-state index contributed by atoms with van der Waals surface area (Å²) >= 11 is 0. The van der Waals surface area contributed by atoms with Gasteiger partial charge in [-0.3, -0.25) is 9.59 Å². The molecule has 0 aliphatic carbocycles. The van der Waals surface area contributed by atoms with Crippen LogP contribution in [0.5, 0.6) is 0 Å². The number of benzene rings is 3. The first kappa shape index (κ1) is 28.7. The predicted molar refractivity (Wildman–Crippen MR) is 169 cm³/mol. The summed E-state index contributed by atoms with van der Waals surface area (Å²) in [5, 5.41) is 4.31. The molecular formula is C36H34N6O2. The Balaban J connectivity index is 1.34. The van der Waals surface area contributed by atoms with Crippen LogP contribution >= 0.6 is 0 Å². The van der Waals surface area contributed by atoms with E-state index in [1.54, 1.807) is 34.2 Å². The summed E-state index contributed by atoms with van der Waals surface area (Å²) in [6, 6.07) is 27.2. The lowest BCUT2D eigenvalue weighted by Gasteiger charge is -2.37. The van der Waals surface area contributed by atoms with Gasteiger partial charge >= 0.3 is 0 Å². The van der Waals surface area contributed by atoms with Gasteiger partial charge in [-0.1, -0.05) is 66.7 Å². The monoisotopic (exact) mass is 582 g/mol. The number of aromatic nitrogens is 4. The van der Waals surface area contributed by atoms with E-state index < -0.39 is 6.04 Å². The van der Waals surface area contributed by atoms with Crippen molar-refractivity contribution in [1.82, 2.24) is 29.5 Å².